The van der Waals surface area contributed by atoms with Crippen LogP contribution < -0.4 is 5.32 Å². The van der Waals surface area contributed by atoms with Gasteiger partial charge in [-0.3, -0.25) is 9.48 Å². The molecule has 1 fully saturated rings. The molecule has 1 saturated carbocycles. The van der Waals surface area contributed by atoms with Crippen molar-refractivity contribution in [2.24, 2.45) is 5.92 Å². The first-order valence-electron chi connectivity index (χ1n) is 9.12. The molecule has 0 unspecified atom stereocenters. The third kappa shape index (κ3) is 4.50. The number of aryl methyl sites for hydroxylation is 1. The van der Waals surface area contributed by atoms with E-state index in [-0.39, 0.29) is 5.92 Å². The summed E-state index contributed by atoms with van der Waals surface area (Å²) in [4.78, 5) is 11.1. The number of nitriles is 1. The highest BCUT2D eigenvalue weighted by Crippen LogP contribution is 2.26. The zero-order valence-corrected chi connectivity index (χ0v) is 14.8. The van der Waals surface area contributed by atoms with Gasteiger partial charge in [0.2, 0.25) is 0 Å². The third-order valence-corrected chi connectivity index (χ3v) is 5.00. The molecular weight excluding hydrogens is 328 g/mol. The zero-order chi connectivity index (χ0) is 18.4. The number of hydrogen-bond acceptors (Lipinski definition) is 4. The molecule has 6 heteroatoms. The van der Waals surface area contributed by atoms with E-state index >= 15 is 0 Å². The summed E-state index contributed by atoms with van der Waals surface area (Å²) in [5.74, 6) is -0.866. The van der Waals surface area contributed by atoms with Crippen LogP contribution in [-0.2, 0) is 17.9 Å². The Morgan fingerprint density at radius 2 is 2.00 bits per heavy atom. The first kappa shape index (κ1) is 18.2. The number of carbonyl (C=O) groups is 1. The Labute approximate surface area is 153 Å². The van der Waals surface area contributed by atoms with E-state index in [1.165, 1.54) is 0 Å². The van der Waals surface area contributed by atoms with E-state index in [1.807, 2.05) is 41.2 Å². The van der Waals surface area contributed by atoms with Gasteiger partial charge in [-0.1, -0.05) is 30.3 Å². The highest BCUT2D eigenvalue weighted by molar-refractivity contribution is 5.70. The van der Waals surface area contributed by atoms with Crippen molar-refractivity contribution >= 4 is 5.97 Å². The van der Waals surface area contributed by atoms with E-state index in [9.17, 15) is 4.79 Å². The van der Waals surface area contributed by atoms with Gasteiger partial charge >= 0.3 is 5.97 Å². The SMILES string of the molecule is N#CCCn1cc(CNC2CCC(C(=O)O)CC2)c(-c2ccccc2)n1. The van der Waals surface area contributed by atoms with E-state index < -0.39 is 5.97 Å². The molecule has 0 aliphatic heterocycles. The summed E-state index contributed by atoms with van der Waals surface area (Å²) < 4.78 is 1.84. The quantitative estimate of drug-likeness (QED) is 0.798. The third-order valence-electron chi connectivity index (χ3n) is 5.00. The number of benzene rings is 1. The molecule has 6 nitrogen and oxygen atoms in total. The summed E-state index contributed by atoms with van der Waals surface area (Å²) in [5, 5.41) is 26.2. The molecule has 136 valence electrons. The summed E-state index contributed by atoms with van der Waals surface area (Å²) in [7, 11) is 0. The lowest BCUT2D eigenvalue weighted by molar-refractivity contribution is -0.142. The molecule has 0 bridgehead atoms. The lowest BCUT2D eigenvalue weighted by Gasteiger charge is -2.26. The maximum Gasteiger partial charge on any atom is 0.306 e. The lowest BCUT2D eigenvalue weighted by Crippen LogP contribution is -2.34. The van der Waals surface area contributed by atoms with Crippen LogP contribution in [0.5, 0.6) is 0 Å². The molecule has 26 heavy (non-hydrogen) atoms. The lowest BCUT2D eigenvalue weighted by atomic mass is 9.86. The Balaban J connectivity index is 1.67. The van der Waals surface area contributed by atoms with Gasteiger partial charge in [0.1, 0.15) is 0 Å². The number of aliphatic carboxylic acids is 1. The largest absolute Gasteiger partial charge is 0.481 e. The molecule has 3 rings (SSSR count). The van der Waals surface area contributed by atoms with Crippen LogP contribution in [-0.4, -0.2) is 26.9 Å². The van der Waals surface area contributed by atoms with Crippen LogP contribution in [0.15, 0.2) is 36.5 Å². The molecule has 1 aliphatic rings. The maximum atomic E-state index is 11.1. The van der Waals surface area contributed by atoms with Gasteiger partial charge in [0.15, 0.2) is 0 Å². The predicted molar refractivity (Wildman–Crippen MR) is 98.1 cm³/mol. The van der Waals surface area contributed by atoms with Gasteiger partial charge < -0.3 is 10.4 Å². The van der Waals surface area contributed by atoms with Crippen LogP contribution in [0, 0.1) is 17.2 Å². The number of nitrogens with zero attached hydrogens (tertiary/aromatic N) is 3. The number of aromatic nitrogens is 2. The molecule has 0 spiro atoms. The van der Waals surface area contributed by atoms with Gasteiger partial charge in [0, 0.05) is 29.9 Å². The second kappa shape index (κ2) is 8.63. The van der Waals surface area contributed by atoms with Crippen molar-refractivity contribution in [1.29, 1.82) is 5.26 Å². The molecule has 0 radical (unpaired) electrons. The van der Waals surface area contributed by atoms with E-state index in [2.05, 4.69) is 16.5 Å². The van der Waals surface area contributed by atoms with E-state index in [4.69, 9.17) is 10.4 Å². The molecule has 1 aliphatic carbocycles. The van der Waals surface area contributed by atoms with Gasteiger partial charge in [-0.25, -0.2) is 0 Å². The number of carboxylic acid groups (broad SMARTS) is 1. The predicted octanol–water partition coefficient (Wildman–Crippen LogP) is 3.20. The number of carboxylic acids is 1. The molecule has 1 heterocycles. The summed E-state index contributed by atoms with van der Waals surface area (Å²) in [6, 6.07) is 12.6. The number of hydrogen-bond donors (Lipinski definition) is 2. The highest BCUT2D eigenvalue weighted by atomic mass is 16.4. The van der Waals surface area contributed by atoms with Crippen molar-refractivity contribution in [2.75, 3.05) is 0 Å². The molecule has 1 aromatic carbocycles. The Morgan fingerprint density at radius 1 is 1.27 bits per heavy atom. The maximum absolute atomic E-state index is 11.1. The molecular formula is C20H24N4O2. The normalized spacial score (nSPS) is 19.8. The minimum absolute atomic E-state index is 0.193. The fourth-order valence-electron chi connectivity index (χ4n) is 3.51. The van der Waals surface area contributed by atoms with Crippen LogP contribution in [0.4, 0.5) is 0 Å². The van der Waals surface area contributed by atoms with Crippen molar-refractivity contribution in [3.05, 3.63) is 42.1 Å². The van der Waals surface area contributed by atoms with Crippen LogP contribution >= 0.6 is 0 Å². The van der Waals surface area contributed by atoms with Gasteiger partial charge in [0.05, 0.1) is 30.6 Å². The van der Waals surface area contributed by atoms with Crippen molar-refractivity contribution in [1.82, 2.24) is 15.1 Å². The van der Waals surface area contributed by atoms with Crippen molar-refractivity contribution in [3.8, 4) is 17.3 Å². The Bertz CT molecular complexity index is 771. The molecule has 1 aromatic heterocycles. The second-order valence-corrected chi connectivity index (χ2v) is 6.81. The summed E-state index contributed by atoms with van der Waals surface area (Å²) >= 11 is 0. The van der Waals surface area contributed by atoms with E-state index in [0.29, 0.717) is 25.6 Å². The van der Waals surface area contributed by atoms with Crippen LogP contribution in [0.3, 0.4) is 0 Å². The van der Waals surface area contributed by atoms with Gasteiger partial charge in [-0.05, 0) is 25.7 Å². The number of nitrogens with one attached hydrogen (secondary N) is 1. The minimum atomic E-state index is -0.673. The Hall–Kier alpha value is -2.65. The topological polar surface area (TPSA) is 90.9 Å². The van der Waals surface area contributed by atoms with Crippen molar-refractivity contribution < 1.29 is 9.90 Å². The first-order chi connectivity index (χ1) is 12.7. The van der Waals surface area contributed by atoms with Crippen LogP contribution in [0.2, 0.25) is 0 Å². The standard InChI is InChI=1S/C20H24N4O2/c21-11-4-12-24-14-17(19(23-24)15-5-2-1-3-6-15)13-22-18-9-7-16(8-10-18)20(25)26/h1-3,5-6,14,16,18,22H,4,7-10,12-13H2,(H,25,26). The molecule has 0 saturated heterocycles. The second-order valence-electron chi connectivity index (χ2n) is 6.81. The minimum Gasteiger partial charge on any atom is -0.481 e. The Morgan fingerprint density at radius 3 is 2.65 bits per heavy atom. The average molecular weight is 352 g/mol. The van der Waals surface area contributed by atoms with Gasteiger partial charge in [-0.2, -0.15) is 10.4 Å². The first-order valence-corrected chi connectivity index (χ1v) is 9.12. The zero-order valence-electron chi connectivity index (χ0n) is 14.8. The van der Waals surface area contributed by atoms with Crippen LogP contribution in [0.1, 0.15) is 37.7 Å². The Kier molecular flexibility index (Phi) is 6.03. The average Bonchev–Trinajstić information content (AvgIpc) is 3.09. The van der Waals surface area contributed by atoms with Gasteiger partial charge in [0.25, 0.3) is 0 Å². The molecule has 2 N–H and O–H groups in total. The van der Waals surface area contributed by atoms with E-state index in [1.54, 1.807) is 0 Å². The highest BCUT2D eigenvalue weighted by Gasteiger charge is 2.25. The fourth-order valence-corrected chi connectivity index (χ4v) is 3.51. The van der Waals surface area contributed by atoms with Crippen molar-refractivity contribution in [3.63, 3.8) is 0 Å². The number of rotatable bonds is 7. The summed E-state index contributed by atoms with van der Waals surface area (Å²) in [6.45, 7) is 1.28. The summed E-state index contributed by atoms with van der Waals surface area (Å²) in [6.07, 6.45) is 5.69. The molecule has 0 amide bonds. The monoisotopic (exact) mass is 352 g/mol. The smallest absolute Gasteiger partial charge is 0.306 e. The molecule has 0 atom stereocenters. The van der Waals surface area contributed by atoms with Gasteiger partial charge in [-0.15, -0.1) is 0 Å². The fraction of sp³-hybridized carbons (Fsp3) is 0.450. The molecule has 2 aromatic rings. The van der Waals surface area contributed by atoms with Crippen molar-refractivity contribution in [2.45, 2.75) is 51.2 Å². The van der Waals surface area contributed by atoms with Crippen LogP contribution in [0.25, 0.3) is 11.3 Å². The van der Waals surface area contributed by atoms with E-state index in [0.717, 1.165) is 42.5 Å². The summed E-state index contributed by atoms with van der Waals surface area (Å²) in [5.41, 5.74) is 3.11.